The summed E-state index contributed by atoms with van der Waals surface area (Å²) in [4.78, 5) is 13.9. The van der Waals surface area contributed by atoms with E-state index in [0.717, 1.165) is 5.56 Å². The minimum atomic E-state index is -3.67. The van der Waals surface area contributed by atoms with Crippen LogP contribution in [0.2, 0.25) is 0 Å². The van der Waals surface area contributed by atoms with E-state index in [2.05, 4.69) is 0 Å². The number of carbonyl (C=O) groups is 1. The highest BCUT2D eigenvalue weighted by atomic mass is 32.2. The van der Waals surface area contributed by atoms with Gasteiger partial charge in [0.15, 0.2) is 0 Å². The zero-order valence-corrected chi connectivity index (χ0v) is 15.8. The largest absolute Gasteiger partial charge is 0.341 e. The third-order valence-corrected chi connectivity index (χ3v) is 5.86. The summed E-state index contributed by atoms with van der Waals surface area (Å²) in [6.07, 6.45) is 0.262. The van der Waals surface area contributed by atoms with Crippen LogP contribution in [-0.4, -0.2) is 39.9 Å². The van der Waals surface area contributed by atoms with Gasteiger partial charge >= 0.3 is 0 Å². The molecular formula is C19H21N3O3S. The Kier molecular flexibility index (Phi) is 6.01. The van der Waals surface area contributed by atoms with Gasteiger partial charge in [0, 0.05) is 26.2 Å². The molecule has 0 fully saturated rings. The molecule has 0 spiro atoms. The Morgan fingerprint density at radius 2 is 1.62 bits per heavy atom. The lowest BCUT2D eigenvalue weighted by Crippen LogP contribution is -2.28. The van der Waals surface area contributed by atoms with Gasteiger partial charge < -0.3 is 4.90 Å². The molecule has 0 bridgehead atoms. The maximum Gasteiger partial charge on any atom is 0.264 e. The van der Waals surface area contributed by atoms with Crippen LogP contribution in [-0.2, 0) is 10.0 Å². The van der Waals surface area contributed by atoms with Gasteiger partial charge in [-0.05, 0) is 43.3 Å². The number of nitrogens with zero attached hydrogens (tertiary/aromatic N) is 3. The first-order valence-electron chi connectivity index (χ1n) is 8.05. The molecule has 0 aliphatic heterocycles. The highest BCUT2D eigenvalue weighted by Gasteiger charge is 2.21. The quantitative estimate of drug-likeness (QED) is 0.782. The molecule has 7 heteroatoms. The van der Waals surface area contributed by atoms with Crippen molar-refractivity contribution in [2.75, 3.05) is 24.9 Å². The molecule has 0 aromatic heterocycles. The summed E-state index contributed by atoms with van der Waals surface area (Å²) in [6, 6.07) is 15.0. The van der Waals surface area contributed by atoms with Crippen molar-refractivity contribution in [1.82, 2.24) is 4.90 Å². The van der Waals surface area contributed by atoms with E-state index < -0.39 is 10.0 Å². The zero-order valence-electron chi connectivity index (χ0n) is 15.0. The van der Waals surface area contributed by atoms with Crippen molar-refractivity contribution in [1.29, 1.82) is 5.26 Å². The molecule has 2 aromatic carbocycles. The van der Waals surface area contributed by atoms with E-state index in [9.17, 15) is 13.2 Å². The van der Waals surface area contributed by atoms with Gasteiger partial charge in [-0.15, -0.1) is 0 Å². The van der Waals surface area contributed by atoms with Crippen molar-refractivity contribution in [3.8, 4) is 6.07 Å². The molecule has 2 aromatic rings. The Morgan fingerprint density at radius 1 is 1.04 bits per heavy atom. The van der Waals surface area contributed by atoms with Gasteiger partial charge in [-0.1, -0.05) is 17.7 Å². The summed E-state index contributed by atoms with van der Waals surface area (Å²) in [5, 5.41) is 8.60. The number of hydrogen-bond donors (Lipinski definition) is 0. The van der Waals surface area contributed by atoms with Gasteiger partial charge in [0.05, 0.1) is 23.1 Å². The molecule has 0 saturated heterocycles. The average molecular weight is 371 g/mol. The highest BCUT2D eigenvalue weighted by Crippen LogP contribution is 2.23. The Morgan fingerprint density at radius 3 is 2.15 bits per heavy atom. The number of anilines is 1. The van der Waals surface area contributed by atoms with Crippen LogP contribution >= 0.6 is 0 Å². The van der Waals surface area contributed by atoms with Gasteiger partial charge in [0.1, 0.15) is 0 Å². The van der Waals surface area contributed by atoms with Gasteiger partial charge in [0.2, 0.25) is 0 Å². The molecule has 0 aliphatic carbocycles. The normalized spacial score (nSPS) is 10.8. The van der Waals surface area contributed by atoms with E-state index in [1.165, 1.54) is 16.3 Å². The van der Waals surface area contributed by atoms with E-state index in [-0.39, 0.29) is 17.2 Å². The van der Waals surface area contributed by atoms with Crippen LogP contribution in [0.3, 0.4) is 0 Å². The van der Waals surface area contributed by atoms with Gasteiger partial charge in [-0.3, -0.25) is 9.10 Å². The Labute approximate surface area is 154 Å². The smallest absolute Gasteiger partial charge is 0.264 e. The summed E-state index contributed by atoms with van der Waals surface area (Å²) in [7, 11) is -0.564. The minimum Gasteiger partial charge on any atom is -0.341 e. The number of benzene rings is 2. The maximum atomic E-state index is 12.7. The van der Waals surface area contributed by atoms with Crippen LogP contribution < -0.4 is 4.31 Å². The monoisotopic (exact) mass is 371 g/mol. The molecular weight excluding hydrogens is 350 g/mol. The number of aryl methyl sites for hydroxylation is 1. The lowest BCUT2D eigenvalue weighted by Gasteiger charge is -2.20. The zero-order chi connectivity index (χ0) is 19.3. The van der Waals surface area contributed by atoms with Crippen LogP contribution in [0.15, 0.2) is 53.4 Å². The van der Waals surface area contributed by atoms with Gasteiger partial charge in [-0.25, -0.2) is 8.42 Å². The number of hydrogen-bond acceptors (Lipinski definition) is 4. The Balaban J connectivity index is 2.20. The van der Waals surface area contributed by atoms with Crippen LogP contribution in [0.1, 0.15) is 22.3 Å². The second-order valence-corrected chi connectivity index (χ2v) is 7.94. The first-order chi connectivity index (χ1) is 12.3. The van der Waals surface area contributed by atoms with Crippen molar-refractivity contribution in [2.45, 2.75) is 18.2 Å². The fourth-order valence-corrected chi connectivity index (χ4v) is 3.56. The first-order valence-corrected chi connectivity index (χ1v) is 9.49. The predicted molar refractivity (Wildman–Crippen MR) is 100 cm³/mol. The maximum absolute atomic E-state index is 12.7. The number of sulfonamides is 1. The van der Waals surface area contributed by atoms with E-state index in [4.69, 9.17) is 5.26 Å². The Hall–Kier alpha value is -2.85. The molecule has 0 radical (unpaired) electrons. The summed E-state index contributed by atoms with van der Waals surface area (Å²) in [6.45, 7) is 2.24. The third-order valence-electron chi connectivity index (χ3n) is 4.06. The number of carbonyl (C=O) groups excluding carboxylic acids is 1. The van der Waals surface area contributed by atoms with E-state index in [0.29, 0.717) is 17.8 Å². The summed E-state index contributed by atoms with van der Waals surface area (Å²) < 4.78 is 26.6. The lowest BCUT2D eigenvalue weighted by atomic mass is 10.2. The number of amides is 1. The molecule has 0 atom stereocenters. The van der Waals surface area contributed by atoms with Crippen molar-refractivity contribution < 1.29 is 13.2 Å². The molecule has 0 heterocycles. The SMILES string of the molecule is Cc1ccc(S(=O)(=O)N(C)c2ccc(C(=O)N(C)CCC#N)cc2)cc1. The topological polar surface area (TPSA) is 81.5 Å². The number of rotatable bonds is 6. The van der Waals surface area contributed by atoms with Crippen LogP contribution in [0.4, 0.5) is 5.69 Å². The van der Waals surface area contributed by atoms with Crippen LogP contribution in [0.25, 0.3) is 0 Å². The fourth-order valence-electron chi connectivity index (χ4n) is 2.36. The molecule has 0 aliphatic rings. The van der Waals surface area contributed by atoms with E-state index >= 15 is 0 Å². The van der Waals surface area contributed by atoms with E-state index in [1.54, 1.807) is 55.6 Å². The summed E-state index contributed by atoms with van der Waals surface area (Å²) in [5.41, 5.74) is 1.88. The summed E-state index contributed by atoms with van der Waals surface area (Å²) in [5.74, 6) is -0.212. The van der Waals surface area contributed by atoms with Crippen LogP contribution in [0, 0.1) is 18.3 Å². The van der Waals surface area contributed by atoms with Crippen molar-refractivity contribution in [2.24, 2.45) is 0 Å². The number of nitriles is 1. The van der Waals surface area contributed by atoms with Gasteiger partial charge in [-0.2, -0.15) is 5.26 Å². The molecule has 6 nitrogen and oxygen atoms in total. The molecule has 136 valence electrons. The van der Waals surface area contributed by atoms with Crippen LogP contribution in [0.5, 0.6) is 0 Å². The first kappa shape index (κ1) is 19.5. The average Bonchev–Trinajstić information content (AvgIpc) is 2.65. The Bertz CT molecular complexity index is 914. The minimum absolute atomic E-state index is 0.210. The van der Waals surface area contributed by atoms with Gasteiger partial charge in [0.25, 0.3) is 15.9 Å². The molecule has 26 heavy (non-hydrogen) atoms. The fraction of sp³-hybridized carbons (Fsp3) is 0.263. The second-order valence-electron chi connectivity index (χ2n) is 5.97. The van der Waals surface area contributed by atoms with Crippen molar-refractivity contribution in [3.63, 3.8) is 0 Å². The molecule has 0 saturated carbocycles. The standard InChI is InChI=1S/C19H21N3O3S/c1-15-5-11-18(12-6-15)26(24,25)22(3)17-9-7-16(8-10-17)19(23)21(2)14-4-13-20/h5-12H,4,14H2,1-3H3. The highest BCUT2D eigenvalue weighted by molar-refractivity contribution is 7.92. The summed E-state index contributed by atoms with van der Waals surface area (Å²) >= 11 is 0. The molecule has 2 rings (SSSR count). The van der Waals surface area contributed by atoms with Crippen molar-refractivity contribution >= 4 is 21.6 Å². The van der Waals surface area contributed by atoms with E-state index in [1.807, 2.05) is 13.0 Å². The third kappa shape index (κ3) is 4.21. The molecule has 0 unspecified atom stereocenters. The second kappa shape index (κ2) is 8.02. The molecule has 0 N–H and O–H groups in total. The van der Waals surface area contributed by atoms with Crippen molar-refractivity contribution in [3.05, 3.63) is 59.7 Å². The lowest BCUT2D eigenvalue weighted by molar-refractivity contribution is 0.0798. The predicted octanol–water partition coefficient (Wildman–Crippen LogP) is 2.81. The molecule has 1 amide bonds.